The monoisotopic (exact) mass is 459 g/mol. The van der Waals surface area contributed by atoms with E-state index in [4.69, 9.17) is 0 Å². The average molecular weight is 460 g/mol. The first-order valence-corrected chi connectivity index (χ1v) is 12.1. The zero-order valence-corrected chi connectivity index (χ0v) is 18.3. The number of carbonyl (C=O) groups is 1. The van der Waals surface area contributed by atoms with E-state index in [1.54, 1.807) is 35.7 Å². The Hall–Kier alpha value is -3.75. The molecule has 1 aliphatic carbocycles. The van der Waals surface area contributed by atoms with Crippen LogP contribution in [0.5, 0.6) is 0 Å². The summed E-state index contributed by atoms with van der Waals surface area (Å²) in [6, 6.07) is 25.4. The van der Waals surface area contributed by atoms with Gasteiger partial charge in [0.1, 0.15) is 4.21 Å². The molecule has 6 nitrogen and oxygen atoms in total. The van der Waals surface area contributed by atoms with Crippen molar-refractivity contribution in [3.63, 3.8) is 0 Å². The minimum absolute atomic E-state index is 0.173. The van der Waals surface area contributed by atoms with Crippen LogP contribution in [0, 0.1) is 0 Å². The first-order valence-electron chi connectivity index (χ1n) is 9.77. The molecule has 1 aliphatic rings. The van der Waals surface area contributed by atoms with Crippen LogP contribution in [0.1, 0.15) is 21.5 Å². The number of hydrogen-bond acceptors (Lipinski definition) is 5. The van der Waals surface area contributed by atoms with Gasteiger partial charge < -0.3 is 0 Å². The molecule has 158 valence electrons. The van der Waals surface area contributed by atoms with Gasteiger partial charge in [0.15, 0.2) is 0 Å². The molecule has 1 aromatic heterocycles. The van der Waals surface area contributed by atoms with Gasteiger partial charge in [0.05, 0.1) is 17.0 Å². The summed E-state index contributed by atoms with van der Waals surface area (Å²) in [5.74, 6) is -0.510. The first kappa shape index (κ1) is 20.2. The van der Waals surface area contributed by atoms with Crippen LogP contribution >= 0.6 is 11.3 Å². The number of hydrazone groups is 1. The molecule has 5 rings (SSSR count). The van der Waals surface area contributed by atoms with Crippen molar-refractivity contribution < 1.29 is 13.2 Å². The van der Waals surface area contributed by atoms with E-state index in [2.05, 4.69) is 15.2 Å². The summed E-state index contributed by atoms with van der Waals surface area (Å²) in [4.78, 5) is 13.0. The highest BCUT2D eigenvalue weighted by Gasteiger charge is 2.25. The van der Waals surface area contributed by atoms with Crippen LogP contribution in [0.4, 0.5) is 5.69 Å². The highest BCUT2D eigenvalue weighted by Crippen LogP contribution is 2.36. The molecule has 0 unspecified atom stereocenters. The van der Waals surface area contributed by atoms with Gasteiger partial charge in [-0.15, -0.1) is 11.3 Å². The second-order valence-electron chi connectivity index (χ2n) is 7.08. The fourth-order valence-electron chi connectivity index (χ4n) is 3.66. The fraction of sp³-hybridized carbons (Fsp3) is 0. The van der Waals surface area contributed by atoms with E-state index in [-0.39, 0.29) is 15.5 Å². The molecule has 0 saturated heterocycles. The van der Waals surface area contributed by atoms with Gasteiger partial charge in [-0.25, -0.2) is 13.8 Å². The van der Waals surface area contributed by atoms with Crippen molar-refractivity contribution in [1.29, 1.82) is 0 Å². The van der Waals surface area contributed by atoms with Crippen LogP contribution in [0.15, 0.2) is 99.6 Å². The molecule has 0 fully saturated rings. The molecule has 0 aliphatic heterocycles. The fourth-order valence-corrected chi connectivity index (χ4v) is 5.74. The van der Waals surface area contributed by atoms with Crippen molar-refractivity contribution >= 4 is 38.7 Å². The van der Waals surface area contributed by atoms with Gasteiger partial charge in [-0.1, -0.05) is 66.7 Å². The molecule has 0 atom stereocenters. The predicted molar refractivity (Wildman–Crippen MR) is 127 cm³/mol. The molecule has 0 radical (unpaired) electrons. The van der Waals surface area contributed by atoms with E-state index < -0.39 is 15.9 Å². The third-order valence-electron chi connectivity index (χ3n) is 5.10. The minimum atomic E-state index is -3.78. The Bertz CT molecular complexity index is 1410. The number of hydrogen-bond donors (Lipinski definition) is 2. The normalized spacial score (nSPS) is 12.1. The largest absolute Gasteiger partial charge is 0.278 e. The number of para-hydroxylation sites is 1. The zero-order valence-electron chi connectivity index (χ0n) is 16.6. The molecular weight excluding hydrogens is 442 g/mol. The lowest BCUT2D eigenvalue weighted by atomic mass is 10.1. The molecule has 8 heteroatoms. The van der Waals surface area contributed by atoms with Crippen molar-refractivity contribution in [3.8, 4) is 11.1 Å². The highest BCUT2D eigenvalue weighted by molar-refractivity contribution is 7.94. The molecular formula is C24H17N3O3S2. The van der Waals surface area contributed by atoms with Crippen LogP contribution in [0.25, 0.3) is 11.1 Å². The quantitative estimate of drug-likeness (QED) is 0.373. The highest BCUT2D eigenvalue weighted by atomic mass is 32.2. The van der Waals surface area contributed by atoms with E-state index >= 15 is 0 Å². The Labute approximate surface area is 189 Å². The van der Waals surface area contributed by atoms with E-state index in [1.807, 2.05) is 48.5 Å². The number of fused-ring (bicyclic) bond motifs is 3. The third kappa shape index (κ3) is 3.59. The van der Waals surface area contributed by atoms with Gasteiger partial charge >= 0.3 is 0 Å². The maximum atomic E-state index is 13.0. The number of nitrogens with one attached hydrogen (secondary N) is 2. The summed E-state index contributed by atoms with van der Waals surface area (Å²) in [7, 11) is -3.78. The number of rotatable bonds is 5. The molecule has 4 aromatic rings. The van der Waals surface area contributed by atoms with Crippen molar-refractivity contribution in [2.24, 2.45) is 5.10 Å². The lowest BCUT2D eigenvalue weighted by molar-refractivity contribution is 0.0956. The number of thiophene rings is 1. The smallest absolute Gasteiger partial charge is 0.273 e. The second kappa shape index (κ2) is 8.07. The van der Waals surface area contributed by atoms with Crippen molar-refractivity contribution in [1.82, 2.24) is 5.43 Å². The van der Waals surface area contributed by atoms with Crippen LogP contribution < -0.4 is 10.1 Å². The third-order valence-corrected chi connectivity index (χ3v) is 7.86. The summed E-state index contributed by atoms with van der Waals surface area (Å²) in [6.07, 6.45) is 0. The maximum absolute atomic E-state index is 13.0. The molecule has 0 spiro atoms. The number of anilines is 1. The van der Waals surface area contributed by atoms with E-state index in [1.165, 1.54) is 6.07 Å². The Morgan fingerprint density at radius 2 is 1.34 bits per heavy atom. The van der Waals surface area contributed by atoms with E-state index in [9.17, 15) is 13.2 Å². The number of sulfonamides is 1. The van der Waals surface area contributed by atoms with Gasteiger partial charge in [0.25, 0.3) is 15.9 Å². The summed E-state index contributed by atoms with van der Waals surface area (Å²) in [5, 5.41) is 6.09. The van der Waals surface area contributed by atoms with Gasteiger partial charge in [0, 0.05) is 11.1 Å². The number of carbonyl (C=O) groups excluding carboxylic acids is 1. The topological polar surface area (TPSA) is 87.6 Å². The van der Waals surface area contributed by atoms with Crippen LogP contribution in [0.3, 0.4) is 0 Å². The van der Waals surface area contributed by atoms with E-state index in [0.717, 1.165) is 33.6 Å². The molecule has 3 aromatic carbocycles. The van der Waals surface area contributed by atoms with Crippen molar-refractivity contribution in [2.45, 2.75) is 4.21 Å². The molecule has 0 saturated carbocycles. The Balaban J connectivity index is 1.46. The van der Waals surface area contributed by atoms with Crippen molar-refractivity contribution in [2.75, 3.05) is 4.72 Å². The summed E-state index contributed by atoms with van der Waals surface area (Å²) >= 11 is 1.10. The van der Waals surface area contributed by atoms with Crippen LogP contribution in [0.2, 0.25) is 0 Å². The predicted octanol–water partition coefficient (Wildman–Crippen LogP) is 4.71. The maximum Gasteiger partial charge on any atom is 0.273 e. The lowest BCUT2D eigenvalue weighted by Crippen LogP contribution is -2.22. The zero-order chi connectivity index (χ0) is 22.1. The van der Waals surface area contributed by atoms with Gasteiger partial charge in [-0.05, 0) is 34.7 Å². The van der Waals surface area contributed by atoms with Gasteiger partial charge in [-0.3, -0.25) is 9.52 Å². The SMILES string of the molecule is O=C(NN=C1c2ccccc2-c2ccccc21)c1ccccc1NS(=O)(=O)c1cccs1. The molecule has 2 N–H and O–H groups in total. The molecule has 1 amide bonds. The van der Waals surface area contributed by atoms with Gasteiger partial charge in [0.2, 0.25) is 0 Å². The van der Waals surface area contributed by atoms with E-state index in [0.29, 0.717) is 5.71 Å². The molecule has 1 heterocycles. The Kier molecular flexibility index (Phi) is 5.08. The molecule has 32 heavy (non-hydrogen) atoms. The number of amides is 1. The minimum Gasteiger partial charge on any atom is -0.278 e. The first-order chi connectivity index (χ1) is 15.5. The molecule has 0 bridgehead atoms. The lowest BCUT2D eigenvalue weighted by Gasteiger charge is -2.11. The Morgan fingerprint density at radius 1 is 0.750 bits per heavy atom. The summed E-state index contributed by atoms with van der Waals surface area (Å²) < 4.78 is 27.9. The summed E-state index contributed by atoms with van der Waals surface area (Å²) in [6.45, 7) is 0. The number of benzene rings is 3. The van der Waals surface area contributed by atoms with Crippen molar-refractivity contribution in [3.05, 3.63) is 107 Å². The van der Waals surface area contributed by atoms with Gasteiger partial charge in [-0.2, -0.15) is 5.10 Å². The van der Waals surface area contributed by atoms with Crippen LogP contribution in [-0.4, -0.2) is 20.0 Å². The standard InChI is InChI=1S/C24H17N3O3S2/c28-24(20-12-5-6-13-21(20)27-32(29,30)22-14-7-15-31-22)26-25-23-18-10-3-1-8-16(18)17-9-2-4-11-19(17)23/h1-15,27H,(H,26,28). The average Bonchev–Trinajstić information content (AvgIpc) is 3.45. The summed E-state index contributed by atoms with van der Waals surface area (Å²) in [5.41, 5.74) is 7.61. The second-order valence-corrected chi connectivity index (χ2v) is 9.93. The number of nitrogens with zero attached hydrogens (tertiary/aromatic N) is 1. The Morgan fingerprint density at radius 3 is 1.97 bits per heavy atom. The van der Waals surface area contributed by atoms with Crippen LogP contribution in [-0.2, 0) is 10.0 Å².